The molecule has 11 nitrogen and oxygen atoms in total. The summed E-state index contributed by atoms with van der Waals surface area (Å²) in [5.41, 5.74) is 11.0. The van der Waals surface area contributed by atoms with Crippen LogP contribution in [0, 0.1) is 5.92 Å². The first-order chi connectivity index (χ1) is 14.8. The third kappa shape index (κ3) is 4.45. The molecular weight excluding hydrogens is 404 g/mol. The normalized spacial score (nSPS) is 16.9. The molecule has 3 rings (SSSR count). The lowest BCUT2D eigenvalue weighted by atomic mass is 10.0. The summed E-state index contributed by atoms with van der Waals surface area (Å²) in [6.45, 7) is 0. The van der Waals surface area contributed by atoms with Gasteiger partial charge >= 0.3 is 5.96 Å². The maximum atomic E-state index is 13.1. The van der Waals surface area contributed by atoms with Crippen LogP contribution < -0.4 is 36.3 Å². The summed E-state index contributed by atoms with van der Waals surface area (Å²) in [6, 6.07) is 12.7. The molecule has 31 heavy (non-hydrogen) atoms. The number of carbonyl (C=O) groups is 3. The number of guanidine groups is 1. The van der Waals surface area contributed by atoms with E-state index in [-0.39, 0.29) is 17.4 Å². The maximum Gasteiger partial charge on any atom is 0.362 e. The van der Waals surface area contributed by atoms with E-state index < -0.39 is 23.6 Å². The average molecular weight is 425 g/mol. The Morgan fingerprint density at radius 3 is 2.06 bits per heavy atom. The summed E-state index contributed by atoms with van der Waals surface area (Å²) >= 11 is 0. The van der Waals surface area contributed by atoms with Gasteiger partial charge in [0.1, 0.15) is 11.5 Å². The van der Waals surface area contributed by atoms with Crippen molar-refractivity contribution in [1.82, 2.24) is 0 Å². The van der Waals surface area contributed by atoms with E-state index in [0.717, 1.165) is 4.90 Å². The van der Waals surface area contributed by atoms with Gasteiger partial charge in [-0.15, -0.1) is 5.10 Å². The van der Waals surface area contributed by atoms with Crippen LogP contribution in [0.15, 0.2) is 53.6 Å². The van der Waals surface area contributed by atoms with E-state index in [1.165, 1.54) is 26.4 Å². The van der Waals surface area contributed by atoms with Crippen LogP contribution in [0.5, 0.6) is 11.5 Å². The van der Waals surface area contributed by atoms with Crippen LogP contribution in [0.25, 0.3) is 0 Å². The molecule has 11 heteroatoms. The number of anilines is 2. The van der Waals surface area contributed by atoms with Gasteiger partial charge in [-0.3, -0.25) is 25.9 Å². The van der Waals surface area contributed by atoms with E-state index in [4.69, 9.17) is 20.9 Å². The van der Waals surface area contributed by atoms with Crippen LogP contribution >= 0.6 is 0 Å². The number of hydrazone groups is 1. The third-order valence-electron chi connectivity index (χ3n) is 4.42. The lowest BCUT2D eigenvalue weighted by Gasteiger charge is -2.14. The Bertz CT molecular complexity index is 1060. The number of carbonyl (C=O) groups excluding carboxylic acids is 3. The number of hydrogen-bond donors (Lipinski definition) is 4. The van der Waals surface area contributed by atoms with Crippen molar-refractivity contribution in [1.29, 1.82) is 0 Å². The van der Waals surface area contributed by atoms with Gasteiger partial charge in [0.25, 0.3) is 11.8 Å². The van der Waals surface area contributed by atoms with Crippen molar-refractivity contribution in [3.63, 3.8) is 0 Å². The largest absolute Gasteiger partial charge is 0.497 e. The van der Waals surface area contributed by atoms with E-state index in [0.29, 0.717) is 17.2 Å². The van der Waals surface area contributed by atoms with E-state index in [1.807, 2.05) is 0 Å². The molecule has 0 spiro atoms. The van der Waals surface area contributed by atoms with Crippen LogP contribution in [0.4, 0.5) is 11.4 Å². The summed E-state index contributed by atoms with van der Waals surface area (Å²) < 4.78 is 10.2. The van der Waals surface area contributed by atoms with Crippen molar-refractivity contribution in [2.24, 2.45) is 22.5 Å². The second-order valence-electron chi connectivity index (χ2n) is 6.39. The average Bonchev–Trinajstić information content (AvgIpc) is 3.02. The van der Waals surface area contributed by atoms with Crippen LogP contribution in [0.2, 0.25) is 0 Å². The summed E-state index contributed by atoms with van der Waals surface area (Å²) in [4.78, 5) is 39.8. The summed E-state index contributed by atoms with van der Waals surface area (Å²) in [5, 5.41) is 8.64. The minimum absolute atomic E-state index is 0.257. The quantitative estimate of drug-likeness (QED) is 0.144. The van der Waals surface area contributed by atoms with Crippen molar-refractivity contribution >= 4 is 40.8 Å². The fourth-order valence-corrected chi connectivity index (χ4v) is 2.92. The lowest BCUT2D eigenvalue weighted by Crippen LogP contribution is -2.73. The highest BCUT2D eigenvalue weighted by atomic mass is 16.5. The van der Waals surface area contributed by atoms with Crippen molar-refractivity contribution < 1.29 is 29.0 Å². The SMILES string of the molecule is COc1ccc(NC(=O)C2C(=O)N(c3ccc(OC)cc3)C(=O)C2=N[NH+]=C(N)N)cc1. The Hall–Kier alpha value is -4.41. The van der Waals surface area contributed by atoms with Gasteiger partial charge in [-0.2, -0.15) is 5.10 Å². The number of nitrogens with one attached hydrogen (secondary N) is 2. The van der Waals surface area contributed by atoms with Gasteiger partial charge in [0, 0.05) is 5.69 Å². The lowest BCUT2D eigenvalue weighted by molar-refractivity contribution is -0.464. The smallest absolute Gasteiger partial charge is 0.362 e. The fraction of sp³-hybridized carbons (Fsp3) is 0.150. The molecule has 6 N–H and O–H groups in total. The first-order valence-corrected chi connectivity index (χ1v) is 9.04. The second-order valence-corrected chi connectivity index (χ2v) is 6.39. The number of hydrogen-bond acceptors (Lipinski definition) is 6. The maximum absolute atomic E-state index is 13.1. The highest BCUT2D eigenvalue weighted by molar-refractivity contribution is 6.61. The third-order valence-corrected chi connectivity index (χ3v) is 4.42. The highest BCUT2D eigenvalue weighted by Crippen LogP contribution is 2.28. The zero-order chi connectivity index (χ0) is 22.5. The van der Waals surface area contributed by atoms with Gasteiger partial charge in [0.05, 0.1) is 19.9 Å². The van der Waals surface area contributed by atoms with Gasteiger partial charge in [0.2, 0.25) is 5.91 Å². The van der Waals surface area contributed by atoms with E-state index >= 15 is 0 Å². The van der Waals surface area contributed by atoms with Gasteiger partial charge in [-0.25, -0.2) is 4.90 Å². The molecule has 1 unspecified atom stereocenters. The van der Waals surface area contributed by atoms with Gasteiger partial charge in [0.15, 0.2) is 11.6 Å². The summed E-state index contributed by atoms with van der Waals surface area (Å²) in [6.07, 6.45) is 0. The van der Waals surface area contributed by atoms with E-state index in [1.54, 1.807) is 36.4 Å². The Morgan fingerprint density at radius 2 is 1.55 bits per heavy atom. The molecule has 1 saturated heterocycles. The molecule has 1 fully saturated rings. The Balaban J connectivity index is 1.95. The van der Waals surface area contributed by atoms with Crippen LogP contribution in [-0.4, -0.2) is 43.6 Å². The number of nitrogens with two attached hydrogens (primary N) is 2. The monoisotopic (exact) mass is 425 g/mol. The predicted octanol–water partition coefficient (Wildman–Crippen LogP) is -1.46. The highest BCUT2D eigenvalue weighted by Gasteiger charge is 2.50. The molecular formula is C20H21N6O5+. The first kappa shape index (κ1) is 21.3. The molecule has 0 saturated carbocycles. The summed E-state index contributed by atoms with van der Waals surface area (Å²) in [7, 11) is 3.00. The van der Waals surface area contributed by atoms with Crippen molar-refractivity contribution in [3.8, 4) is 11.5 Å². The molecule has 0 radical (unpaired) electrons. The number of ether oxygens (including phenoxy) is 2. The molecule has 1 heterocycles. The zero-order valence-electron chi connectivity index (χ0n) is 16.8. The number of rotatable bonds is 6. The molecule has 0 aromatic heterocycles. The minimum atomic E-state index is -1.51. The van der Waals surface area contributed by atoms with Gasteiger partial charge < -0.3 is 14.8 Å². The predicted molar refractivity (Wildman–Crippen MR) is 112 cm³/mol. The van der Waals surface area contributed by atoms with Crippen molar-refractivity contribution in [3.05, 3.63) is 48.5 Å². The van der Waals surface area contributed by atoms with Gasteiger partial charge in [-0.05, 0) is 48.5 Å². The number of nitrogens with zero attached hydrogens (tertiary/aromatic N) is 2. The number of benzene rings is 2. The second kappa shape index (κ2) is 8.95. The fourth-order valence-electron chi connectivity index (χ4n) is 2.92. The molecule has 1 aliphatic rings. The minimum Gasteiger partial charge on any atom is -0.497 e. The van der Waals surface area contributed by atoms with Crippen molar-refractivity contribution in [2.75, 3.05) is 24.4 Å². The van der Waals surface area contributed by atoms with Crippen LogP contribution in [-0.2, 0) is 14.4 Å². The first-order valence-electron chi connectivity index (χ1n) is 9.04. The van der Waals surface area contributed by atoms with Crippen LogP contribution in [0.1, 0.15) is 0 Å². The molecule has 1 atom stereocenters. The Kier molecular flexibility index (Phi) is 6.15. The molecule has 2 aromatic carbocycles. The summed E-state index contributed by atoms with van der Waals surface area (Å²) in [5.74, 6) is -2.96. The molecule has 0 aliphatic carbocycles. The molecule has 2 aromatic rings. The topological polar surface area (TPSA) is 163 Å². The van der Waals surface area contributed by atoms with E-state index in [9.17, 15) is 14.4 Å². The van der Waals surface area contributed by atoms with E-state index in [2.05, 4.69) is 15.5 Å². The number of imide groups is 1. The zero-order valence-corrected chi connectivity index (χ0v) is 16.8. The Labute approximate surface area is 177 Å². The number of amides is 3. The Morgan fingerprint density at radius 1 is 1.00 bits per heavy atom. The molecule has 160 valence electrons. The van der Waals surface area contributed by atoms with Crippen LogP contribution in [0.3, 0.4) is 0 Å². The number of methoxy groups -OCH3 is 2. The molecule has 3 amide bonds. The van der Waals surface area contributed by atoms with Gasteiger partial charge in [-0.1, -0.05) is 0 Å². The molecule has 1 aliphatic heterocycles. The van der Waals surface area contributed by atoms with Crippen molar-refractivity contribution in [2.45, 2.75) is 0 Å². The molecule has 0 bridgehead atoms. The standard InChI is InChI=1S/C20H20N6O5/c1-30-13-7-3-11(4-8-13)23-17(27)15-16(24-25-20(21)22)19(29)26(18(15)28)12-5-9-14(31-2)10-6-12/h3-10,15H,1-2H3,(H,23,27)(H4,21,22,25)/p+1.